The normalized spacial score (nSPS) is 12.9. The van der Waals surface area contributed by atoms with Gasteiger partial charge in [0.1, 0.15) is 0 Å². The molecule has 0 radical (unpaired) electrons. The summed E-state index contributed by atoms with van der Waals surface area (Å²) in [7, 11) is 0. The SMILES string of the molecule is CC(C(N)=S)n1cc(Cl)cn1. The Bertz CT molecular complexity index is 271. The molecule has 11 heavy (non-hydrogen) atoms. The van der Waals surface area contributed by atoms with Crippen molar-refractivity contribution < 1.29 is 0 Å². The molecular weight excluding hydrogens is 182 g/mol. The van der Waals surface area contributed by atoms with Crippen LogP contribution in [-0.2, 0) is 0 Å². The predicted octanol–water partition coefficient (Wildman–Crippen LogP) is 1.38. The van der Waals surface area contributed by atoms with Crippen LogP contribution in [-0.4, -0.2) is 14.8 Å². The number of rotatable bonds is 2. The zero-order valence-electron chi connectivity index (χ0n) is 5.99. The number of hydrogen-bond donors (Lipinski definition) is 1. The van der Waals surface area contributed by atoms with Gasteiger partial charge in [-0.05, 0) is 6.92 Å². The van der Waals surface area contributed by atoms with Crippen LogP contribution in [0, 0.1) is 0 Å². The summed E-state index contributed by atoms with van der Waals surface area (Å²) >= 11 is 10.4. The first-order valence-electron chi connectivity index (χ1n) is 3.10. The van der Waals surface area contributed by atoms with E-state index in [2.05, 4.69) is 5.10 Å². The Morgan fingerprint density at radius 3 is 2.91 bits per heavy atom. The summed E-state index contributed by atoms with van der Waals surface area (Å²) in [4.78, 5) is 0.407. The maximum absolute atomic E-state index is 5.64. The van der Waals surface area contributed by atoms with Crippen LogP contribution in [0.3, 0.4) is 0 Å². The Hall–Kier alpha value is -0.610. The van der Waals surface area contributed by atoms with Crippen molar-refractivity contribution in [2.24, 2.45) is 5.73 Å². The molecule has 1 rings (SSSR count). The van der Waals surface area contributed by atoms with E-state index in [-0.39, 0.29) is 6.04 Å². The van der Waals surface area contributed by atoms with Gasteiger partial charge in [-0.1, -0.05) is 23.8 Å². The molecule has 3 nitrogen and oxygen atoms in total. The highest BCUT2D eigenvalue weighted by atomic mass is 35.5. The molecule has 2 N–H and O–H groups in total. The molecule has 0 saturated carbocycles. The lowest BCUT2D eigenvalue weighted by Gasteiger charge is -2.08. The van der Waals surface area contributed by atoms with E-state index in [4.69, 9.17) is 29.6 Å². The minimum Gasteiger partial charge on any atom is -0.392 e. The summed E-state index contributed by atoms with van der Waals surface area (Å²) in [5, 5.41) is 4.54. The number of aromatic nitrogens is 2. The maximum atomic E-state index is 5.64. The summed E-state index contributed by atoms with van der Waals surface area (Å²) in [5.74, 6) is 0. The Kier molecular flexibility index (Phi) is 2.46. The fourth-order valence-electron chi connectivity index (χ4n) is 0.657. The van der Waals surface area contributed by atoms with Crippen molar-refractivity contribution in [1.82, 2.24) is 9.78 Å². The minimum atomic E-state index is -0.0718. The summed E-state index contributed by atoms with van der Waals surface area (Å²) in [6.07, 6.45) is 3.24. The van der Waals surface area contributed by atoms with E-state index in [1.165, 1.54) is 0 Å². The molecule has 0 aliphatic heterocycles. The number of thiocarbonyl (C=S) groups is 1. The van der Waals surface area contributed by atoms with E-state index in [1.54, 1.807) is 17.1 Å². The van der Waals surface area contributed by atoms with Crippen LogP contribution >= 0.6 is 23.8 Å². The molecular formula is C6H8ClN3S. The molecule has 0 amide bonds. The van der Waals surface area contributed by atoms with Crippen LogP contribution < -0.4 is 5.73 Å². The molecule has 1 heterocycles. The molecule has 1 atom stereocenters. The van der Waals surface area contributed by atoms with E-state index < -0.39 is 0 Å². The molecule has 60 valence electrons. The van der Waals surface area contributed by atoms with Gasteiger partial charge < -0.3 is 5.73 Å². The van der Waals surface area contributed by atoms with E-state index >= 15 is 0 Å². The molecule has 0 aliphatic carbocycles. The zero-order valence-corrected chi connectivity index (χ0v) is 7.56. The molecule has 1 aromatic rings. The Morgan fingerprint density at radius 2 is 2.55 bits per heavy atom. The maximum Gasteiger partial charge on any atom is 0.0989 e. The van der Waals surface area contributed by atoms with Crippen LogP contribution in [0.1, 0.15) is 13.0 Å². The Balaban J connectivity index is 2.84. The Morgan fingerprint density at radius 1 is 1.91 bits per heavy atom. The second kappa shape index (κ2) is 3.19. The quantitative estimate of drug-likeness (QED) is 0.715. The van der Waals surface area contributed by atoms with Gasteiger partial charge in [0.2, 0.25) is 0 Å². The monoisotopic (exact) mass is 189 g/mol. The van der Waals surface area contributed by atoms with Crippen molar-refractivity contribution in [2.45, 2.75) is 13.0 Å². The number of nitrogens with zero attached hydrogens (tertiary/aromatic N) is 2. The van der Waals surface area contributed by atoms with Gasteiger partial charge >= 0.3 is 0 Å². The van der Waals surface area contributed by atoms with Gasteiger partial charge in [0, 0.05) is 6.20 Å². The molecule has 0 fully saturated rings. The minimum absolute atomic E-state index is 0.0718. The van der Waals surface area contributed by atoms with Gasteiger partial charge in [0.05, 0.1) is 22.2 Å². The van der Waals surface area contributed by atoms with Crippen molar-refractivity contribution in [2.75, 3.05) is 0 Å². The van der Waals surface area contributed by atoms with E-state index in [0.29, 0.717) is 10.0 Å². The van der Waals surface area contributed by atoms with Crippen molar-refractivity contribution >= 4 is 28.8 Å². The van der Waals surface area contributed by atoms with Crippen molar-refractivity contribution in [3.05, 3.63) is 17.4 Å². The lowest BCUT2D eigenvalue weighted by Crippen LogP contribution is -2.22. The average molecular weight is 190 g/mol. The van der Waals surface area contributed by atoms with E-state index in [1.807, 2.05) is 6.92 Å². The van der Waals surface area contributed by atoms with Crippen LogP contribution in [0.5, 0.6) is 0 Å². The van der Waals surface area contributed by atoms with Crippen molar-refractivity contribution in [3.8, 4) is 0 Å². The lowest BCUT2D eigenvalue weighted by molar-refractivity contribution is 0.611. The average Bonchev–Trinajstić information content (AvgIpc) is 2.34. The van der Waals surface area contributed by atoms with Crippen LogP contribution in [0.2, 0.25) is 5.02 Å². The highest BCUT2D eigenvalue weighted by Gasteiger charge is 2.07. The summed E-state index contributed by atoms with van der Waals surface area (Å²) in [6, 6.07) is -0.0718. The third-order valence-electron chi connectivity index (χ3n) is 1.38. The fraction of sp³-hybridized carbons (Fsp3) is 0.333. The lowest BCUT2D eigenvalue weighted by atomic mass is 10.3. The van der Waals surface area contributed by atoms with Gasteiger partial charge in [0.25, 0.3) is 0 Å². The fourth-order valence-corrected chi connectivity index (χ4v) is 0.909. The zero-order chi connectivity index (χ0) is 8.43. The van der Waals surface area contributed by atoms with Gasteiger partial charge in [-0.25, -0.2) is 0 Å². The van der Waals surface area contributed by atoms with E-state index in [9.17, 15) is 0 Å². The molecule has 0 spiro atoms. The van der Waals surface area contributed by atoms with Crippen LogP contribution in [0.15, 0.2) is 12.4 Å². The number of hydrogen-bond acceptors (Lipinski definition) is 2. The molecule has 0 saturated heterocycles. The summed E-state index contributed by atoms with van der Waals surface area (Å²) < 4.78 is 1.63. The molecule has 1 unspecified atom stereocenters. The van der Waals surface area contributed by atoms with Crippen molar-refractivity contribution in [1.29, 1.82) is 0 Å². The number of halogens is 1. The first-order valence-corrected chi connectivity index (χ1v) is 3.89. The van der Waals surface area contributed by atoms with Gasteiger partial charge in [-0.15, -0.1) is 0 Å². The largest absolute Gasteiger partial charge is 0.392 e. The first kappa shape index (κ1) is 8.49. The molecule has 0 aromatic carbocycles. The number of nitrogens with two attached hydrogens (primary N) is 1. The standard InChI is InChI=1S/C6H8ClN3S/c1-4(6(8)11)10-3-5(7)2-9-10/h2-4H,1H3,(H2,8,11). The topological polar surface area (TPSA) is 43.8 Å². The van der Waals surface area contributed by atoms with E-state index in [0.717, 1.165) is 0 Å². The highest BCUT2D eigenvalue weighted by molar-refractivity contribution is 7.80. The highest BCUT2D eigenvalue weighted by Crippen LogP contribution is 2.10. The molecule has 1 aromatic heterocycles. The molecule has 5 heteroatoms. The van der Waals surface area contributed by atoms with Gasteiger partial charge in [-0.2, -0.15) is 5.10 Å². The van der Waals surface area contributed by atoms with Gasteiger partial charge in [-0.3, -0.25) is 4.68 Å². The van der Waals surface area contributed by atoms with Crippen LogP contribution in [0.25, 0.3) is 0 Å². The second-order valence-corrected chi connectivity index (χ2v) is 3.12. The summed E-state index contributed by atoms with van der Waals surface area (Å²) in [5.41, 5.74) is 5.40. The third kappa shape index (κ3) is 1.91. The Labute approximate surface area is 75.1 Å². The van der Waals surface area contributed by atoms with Crippen molar-refractivity contribution in [3.63, 3.8) is 0 Å². The van der Waals surface area contributed by atoms with Crippen LogP contribution in [0.4, 0.5) is 0 Å². The first-order chi connectivity index (χ1) is 5.11. The smallest absolute Gasteiger partial charge is 0.0989 e. The second-order valence-electron chi connectivity index (χ2n) is 2.22. The molecule has 0 bridgehead atoms. The summed E-state index contributed by atoms with van der Waals surface area (Å²) in [6.45, 7) is 1.87. The molecule has 0 aliphatic rings. The van der Waals surface area contributed by atoms with Gasteiger partial charge in [0.15, 0.2) is 0 Å². The predicted molar refractivity (Wildman–Crippen MR) is 48.7 cm³/mol. The third-order valence-corrected chi connectivity index (χ3v) is 1.91.